The molecule has 0 aliphatic heterocycles. The number of nitrogens with one attached hydrogen (secondary N) is 1. The molecular weight excluding hydrogens is 448 g/mol. The molecule has 0 bridgehead atoms. The molecule has 0 spiro atoms. The lowest BCUT2D eigenvalue weighted by atomic mass is 9.96. The van der Waals surface area contributed by atoms with Crippen LogP contribution in [0.15, 0.2) is 54.9 Å². The van der Waals surface area contributed by atoms with Crippen LogP contribution in [-0.4, -0.2) is 31.1 Å². The van der Waals surface area contributed by atoms with Gasteiger partial charge in [-0.25, -0.2) is 19.7 Å². The number of hydrogen-bond donors (Lipinski definition) is 3. The Labute approximate surface area is 201 Å². The number of carboxylic acid groups (broad SMARTS) is 1. The Morgan fingerprint density at radius 1 is 1.15 bits per heavy atom. The van der Waals surface area contributed by atoms with E-state index < -0.39 is 11.6 Å². The number of aliphatic hydroxyl groups is 1. The minimum atomic E-state index is -1.23. The highest BCUT2D eigenvalue weighted by molar-refractivity contribution is 7.15. The topological polar surface area (TPSA) is 108 Å². The molecule has 3 N–H and O–H groups in total. The molecule has 3 aromatic heterocycles. The Morgan fingerprint density at radius 3 is 2.79 bits per heavy atom. The van der Waals surface area contributed by atoms with Crippen molar-refractivity contribution < 1.29 is 15.0 Å². The normalized spacial score (nSPS) is 16.9. The van der Waals surface area contributed by atoms with Gasteiger partial charge in [-0.2, -0.15) is 0 Å². The first-order valence-corrected chi connectivity index (χ1v) is 11.9. The van der Waals surface area contributed by atoms with Gasteiger partial charge in [-0.3, -0.25) is 0 Å². The van der Waals surface area contributed by atoms with Crippen LogP contribution in [-0.2, 0) is 18.4 Å². The fraction of sp³-hybridized carbons (Fsp3) is 0.231. The summed E-state index contributed by atoms with van der Waals surface area (Å²) in [7, 11) is 0. The number of benzene rings is 1. The van der Waals surface area contributed by atoms with Crippen molar-refractivity contribution in [2.45, 2.75) is 38.7 Å². The Kier molecular flexibility index (Phi) is 5.63. The average Bonchev–Trinajstić information content (AvgIpc) is 3.45. The van der Waals surface area contributed by atoms with Gasteiger partial charge < -0.3 is 15.5 Å². The van der Waals surface area contributed by atoms with Gasteiger partial charge >= 0.3 is 5.97 Å². The van der Waals surface area contributed by atoms with Gasteiger partial charge in [0.25, 0.3) is 0 Å². The van der Waals surface area contributed by atoms with Crippen LogP contribution in [0, 0.1) is 6.92 Å². The minimum absolute atomic E-state index is 0.228. The summed E-state index contributed by atoms with van der Waals surface area (Å²) >= 11 is 1.40. The third-order valence-corrected chi connectivity index (χ3v) is 7.30. The molecular formula is C26H24N4O3S. The van der Waals surface area contributed by atoms with Crippen LogP contribution < -0.4 is 5.32 Å². The highest BCUT2D eigenvalue weighted by Crippen LogP contribution is 2.45. The molecule has 1 aromatic carbocycles. The van der Waals surface area contributed by atoms with Gasteiger partial charge in [0, 0.05) is 12.4 Å². The maximum Gasteiger partial charge on any atom is 0.335 e. The highest BCUT2D eigenvalue weighted by Gasteiger charge is 2.41. The smallest absolute Gasteiger partial charge is 0.335 e. The van der Waals surface area contributed by atoms with Crippen molar-refractivity contribution in [3.05, 3.63) is 87.7 Å². The number of carbonyl (C=O) groups is 1. The standard InChI is InChI=1S/C26H24N4O3S/c1-3-16-7-9-27-22(12-16)30-23-11-15(2)10-20(29-23)21-14-28-25(34-21)26(33)8-6-17-13-18(24(31)32)4-5-19(17)26/h4-5,7,9-14,33H,3,6,8H2,1-2H3,(H,31,32)(H,27,29,30)/t26-/m1/s1. The van der Waals surface area contributed by atoms with Gasteiger partial charge in [0.2, 0.25) is 0 Å². The number of aryl methyl sites for hydroxylation is 3. The molecule has 8 heteroatoms. The summed E-state index contributed by atoms with van der Waals surface area (Å²) in [5.41, 5.74) is 3.57. The third kappa shape index (κ3) is 4.06. The number of aromatic nitrogens is 3. The van der Waals surface area contributed by atoms with E-state index in [-0.39, 0.29) is 5.56 Å². The van der Waals surface area contributed by atoms with Crippen LogP contribution in [0.4, 0.5) is 11.6 Å². The van der Waals surface area contributed by atoms with E-state index in [4.69, 9.17) is 4.98 Å². The highest BCUT2D eigenvalue weighted by atomic mass is 32.1. The van der Waals surface area contributed by atoms with Crippen molar-refractivity contribution >= 4 is 28.9 Å². The van der Waals surface area contributed by atoms with Crippen molar-refractivity contribution in [3.63, 3.8) is 0 Å². The van der Waals surface area contributed by atoms with Gasteiger partial charge in [-0.05, 0) is 84.8 Å². The molecule has 4 aromatic rings. The van der Waals surface area contributed by atoms with E-state index in [0.717, 1.165) is 39.5 Å². The predicted octanol–water partition coefficient (Wildman–Crippen LogP) is 5.09. The largest absolute Gasteiger partial charge is 0.478 e. The summed E-state index contributed by atoms with van der Waals surface area (Å²) in [6.07, 6.45) is 5.52. The molecule has 1 atom stereocenters. The van der Waals surface area contributed by atoms with Gasteiger partial charge in [0.05, 0.1) is 16.1 Å². The van der Waals surface area contributed by atoms with Crippen molar-refractivity contribution in [2.75, 3.05) is 5.32 Å². The zero-order valence-corrected chi connectivity index (χ0v) is 19.7. The van der Waals surface area contributed by atoms with E-state index >= 15 is 0 Å². The molecule has 0 radical (unpaired) electrons. The van der Waals surface area contributed by atoms with Gasteiger partial charge in [-0.1, -0.05) is 13.0 Å². The second kappa shape index (κ2) is 8.62. The number of pyridine rings is 2. The number of thiazole rings is 1. The third-order valence-electron chi connectivity index (χ3n) is 6.12. The predicted molar refractivity (Wildman–Crippen MR) is 132 cm³/mol. The number of fused-ring (bicyclic) bond motifs is 1. The average molecular weight is 473 g/mol. The van der Waals surface area contributed by atoms with Crippen LogP contribution >= 0.6 is 11.3 Å². The molecule has 0 saturated heterocycles. The number of anilines is 2. The summed E-state index contributed by atoms with van der Waals surface area (Å²) in [5, 5.41) is 24.7. The first-order chi connectivity index (χ1) is 16.4. The molecule has 7 nitrogen and oxygen atoms in total. The summed E-state index contributed by atoms with van der Waals surface area (Å²) < 4.78 is 0. The fourth-order valence-electron chi connectivity index (χ4n) is 4.34. The van der Waals surface area contributed by atoms with Crippen LogP contribution in [0.3, 0.4) is 0 Å². The Morgan fingerprint density at radius 2 is 2.00 bits per heavy atom. The lowest BCUT2D eigenvalue weighted by molar-refractivity contribution is 0.0695. The number of rotatable bonds is 6. The molecule has 34 heavy (non-hydrogen) atoms. The lowest BCUT2D eigenvalue weighted by Gasteiger charge is -2.21. The summed E-state index contributed by atoms with van der Waals surface area (Å²) in [4.78, 5) is 25.9. The van der Waals surface area contributed by atoms with Crippen molar-refractivity contribution in [1.82, 2.24) is 15.0 Å². The van der Waals surface area contributed by atoms with Gasteiger partial charge in [-0.15, -0.1) is 11.3 Å². The molecule has 0 saturated carbocycles. The first-order valence-electron chi connectivity index (χ1n) is 11.1. The van der Waals surface area contributed by atoms with E-state index in [9.17, 15) is 15.0 Å². The molecule has 5 rings (SSSR count). The molecule has 3 heterocycles. The monoisotopic (exact) mass is 472 g/mol. The van der Waals surface area contributed by atoms with Gasteiger partial charge in [0.1, 0.15) is 22.2 Å². The molecule has 0 amide bonds. The van der Waals surface area contributed by atoms with Crippen molar-refractivity contribution in [1.29, 1.82) is 0 Å². The minimum Gasteiger partial charge on any atom is -0.478 e. The zero-order valence-electron chi connectivity index (χ0n) is 18.9. The van der Waals surface area contributed by atoms with Crippen LogP contribution in [0.25, 0.3) is 10.6 Å². The zero-order chi connectivity index (χ0) is 23.9. The van der Waals surface area contributed by atoms with Crippen molar-refractivity contribution in [2.24, 2.45) is 0 Å². The maximum absolute atomic E-state index is 11.5. The second-order valence-corrected chi connectivity index (χ2v) is 9.54. The van der Waals surface area contributed by atoms with Gasteiger partial charge in [0.15, 0.2) is 0 Å². The quantitative estimate of drug-likeness (QED) is 0.358. The Bertz CT molecular complexity index is 1400. The summed E-state index contributed by atoms with van der Waals surface area (Å²) in [6, 6.07) is 12.8. The van der Waals surface area contributed by atoms with Crippen LogP contribution in [0.2, 0.25) is 0 Å². The Hall–Kier alpha value is -3.62. The molecule has 172 valence electrons. The van der Waals surface area contributed by atoms with Crippen molar-refractivity contribution in [3.8, 4) is 10.6 Å². The number of hydrogen-bond acceptors (Lipinski definition) is 7. The fourth-order valence-corrected chi connectivity index (χ4v) is 5.35. The number of aromatic carboxylic acids is 1. The van der Waals surface area contributed by atoms with E-state index in [1.165, 1.54) is 23.0 Å². The molecule has 0 unspecified atom stereocenters. The number of carboxylic acids is 1. The molecule has 0 fully saturated rings. The molecule has 1 aliphatic rings. The summed E-state index contributed by atoms with van der Waals surface area (Å²) in [5.74, 6) is 0.462. The Balaban J connectivity index is 1.45. The van der Waals surface area contributed by atoms with E-state index in [1.807, 2.05) is 31.2 Å². The molecule has 1 aliphatic carbocycles. The van der Waals surface area contributed by atoms with Crippen LogP contribution in [0.5, 0.6) is 0 Å². The van der Waals surface area contributed by atoms with Crippen LogP contribution in [0.1, 0.15) is 51.0 Å². The first kappa shape index (κ1) is 22.2. The maximum atomic E-state index is 11.5. The summed E-state index contributed by atoms with van der Waals surface area (Å²) in [6.45, 7) is 4.11. The number of nitrogens with zero attached hydrogens (tertiary/aromatic N) is 3. The second-order valence-electron chi connectivity index (χ2n) is 8.51. The van der Waals surface area contributed by atoms with E-state index in [2.05, 4.69) is 22.2 Å². The van der Waals surface area contributed by atoms with E-state index in [0.29, 0.717) is 23.7 Å². The lowest BCUT2D eigenvalue weighted by Crippen LogP contribution is -2.23. The SMILES string of the molecule is CCc1ccnc(Nc2cc(C)cc(-c3cnc([C@@]4(O)CCc5cc(C(=O)O)ccc54)s3)n2)c1. The van der Waals surface area contributed by atoms with E-state index in [1.54, 1.807) is 24.5 Å².